The monoisotopic (exact) mass is 402 g/mol. The normalized spacial score (nSPS) is 14.6. The highest BCUT2D eigenvalue weighted by atomic mass is 127. The summed E-state index contributed by atoms with van der Waals surface area (Å²) >= 11 is 1.91. The highest BCUT2D eigenvalue weighted by molar-refractivity contribution is 14.1. The van der Waals surface area contributed by atoms with Crippen molar-refractivity contribution in [3.63, 3.8) is 0 Å². The van der Waals surface area contributed by atoms with E-state index in [-0.39, 0.29) is 17.1 Å². The van der Waals surface area contributed by atoms with Crippen LogP contribution in [-0.4, -0.2) is 29.6 Å². The van der Waals surface area contributed by atoms with Gasteiger partial charge in [0.1, 0.15) is 5.57 Å². The fraction of sp³-hybridized carbons (Fsp3) is 0.154. The molecule has 4 amide bonds. The van der Waals surface area contributed by atoms with Gasteiger partial charge in [-0.25, -0.2) is 4.79 Å². The molecule has 1 aliphatic heterocycles. The van der Waals surface area contributed by atoms with Crippen LogP contribution in [0.3, 0.4) is 0 Å². The molecule has 0 aromatic heterocycles. The highest BCUT2D eigenvalue weighted by Gasteiger charge is 2.27. The summed E-state index contributed by atoms with van der Waals surface area (Å²) in [5.41, 5.74) is 0.300. The zero-order chi connectivity index (χ0) is 15.6. The molecule has 0 aliphatic carbocycles. The molecule has 21 heavy (non-hydrogen) atoms. The van der Waals surface area contributed by atoms with E-state index in [0.29, 0.717) is 15.7 Å². The van der Waals surface area contributed by atoms with Crippen LogP contribution in [0.2, 0.25) is 0 Å². The second kappa shape index (κ2) is 6.12. The average molecular weight is 402 g/mol. The second-order valence-electron chi connectivity index (χ2n) is 4.08. The van der Waals surface area contributed by atoms with Crippen LogP contribution in [0.15, 0.2) is 17.7 Å². The van der Waals surface area contributed by atoms with Gasteiger partial charge in [-0.15, -0.1) is 0 Å². The fourth-order valence-electron chi connectivity index (χ4n) is 1.72. The molecule has 1 aromatic carbocycles. The van der Waals surface area contributed by atoms with E-state index >= 15 is 0 Å². The summed E-state index contributed by atoms with van der Waals surface area (Å²) in [6, 6.07) is 2.24. The maximum absolute atomic E-state index is 11.6. The molecule has 7 nitrogen and oxygen atoms in total. The summed E-state index contributed by atoms with van der Waals surface area (Å²) < 4.78 is 5.79. The molecular formula is C13H11IN2O5. The number of amides is 4. The van der Waals surface area contributed by atoms with Crippen LogP contribution in [0.1, 0.15) is 12.5 Å². The summed E-state index contributed by atoms with van der Waals surface area (Å²) in [5.74, 6) is -1.30. The summed E-state index contributed by atoms with van der Waals surface area (Å²) in [6.45, 7) is 2.13. The number of hydrogen-bond acceptors (Lipinski definition) is 5. The van der Waals surface area contributed by atoms with Crippen molar-refractivity contribution in [3.8, 4) is 11.5 Å². The Hall–Kier alpha value is -2.10. The van der Waals surface area contributed by atoms with Crippen molar-refractivity contribution in [2.24, 2.45) is 0 Å². The van der Waals surface area contributed by atoms with E-state index in [0.717, 1.165) is 0 Å². The fourth-order valence-corrected chi connectivity index (χ4v) is 2.34. The van der Waals surface area contributed by atoms with Gasteiger partial charge in [0.05, 0.1) is 10.2 Å². The van der Waals surface area contributed by atoms with Gasteiger partial charge in [0, 0.05) is 0 Å². The predicted molar refractivity (Wildman–Crippen MR) is 81.7 cm³/mol. The molecule has 1 aliphatic rings. The minimum atomic E-state index is -0.850. The number of rotatable bonds is 3. The lowest BCUT2D eigenvalue weighted by molar-refractivity contribution is -0.123. The third kappa shape index (κ3) is 3.32. The van der Waals surface area contributed by atoms with E-state index in [2.05, 4.69) is 0 Å². The van der Waals surface area contributed by atoms with E-state index < -0.39 is 17.8 Å². The quantitative estimate of drug-likeness (QED) is 0.400. The minimum absolute atomic E-state index is 0.00711. The van der Waals surface area contributed by atoms with Crippen molar-refractivity contribution >= 4 is 46.5 Å². The van der Waals surface area contributed by atoms with Crippen LogP contribution >= 0.6 is 22.6 Å². The largest absolute Gasteiger partial charge is 0.504 e. The van der Waals surface area contributed by atoms with E-state index in [9.17, 15) is 19.5 Å². The number of imide groups is 2. The van der Waals surface area contributed by atoms with Gasteiger partial charge >= 0.3 is 6.03 Å². The van der Waals surface area contributed by atoms with Gasteiger partial charge in [0.25, 0.3) is 11.8 Å². The maximum atomic E-state index is 11.6. The molecular weight excluding hydrogens is 391 g/mol. The number of carbonyl (C=O) groups is 3. The number of barbiturate groups is 1. The van der Waals surface area contributed by atoms with Gasteiger partial charge in [-0.3, -0.25) is 20.2 Å². The lowest BCUT2D eigenvalue weighted by Gasteiger charge is -2.14. The molecule has 0 bridgehead atoms. The number of nitrogens with one attached hydrogen (secondary N) is 2. The van der Waals surface area contributed by atoms with Gasteiger partial charge < -0.3 is 9.84 Å². The topological polar surface area (TPSA) is 105 Å². The van der Waals surface area contributed by atoms with Crippen LogP contribution in [-0.2, 0) is 9.59 Å². The number of hydrogen-bond donors (Lipinski definition) is 3. The molecule has 8 heteroatoms. The summed E-state index contributed by atoms with van der Waals surface area (Å²) in [7, 11) is 0. The standard InChI is InChI=1S/C13H11IN2O5/c1-2-21-9-5-6(4-8(14)10(9)17)3-7-11(18)15-13(20)16-12(7)19/h3-5,17H,2H2,1H3,(H2,15,16,18,19,20). The molecule has 1 fully saturated rings. The smallest absolute Gasteiger partial charge is 0.328 e. The number of phenolic OH excluding ortho intramolecular Hbond substituents is 1. The number of carbonyl (C=O) groups excluding carboxylic acids is 3. The van der Waals surface area contributed by atoms with E-state index in [1.165, 1.54) is 12.1 Å². The van der Waals surface area contributed by atoms with Crippen molar-refractivity contribution in [1.82, 2.24) is 10.6 Å². The van der Waals surface area contributed by atoms with Crippen LogP contribution < -0.4 is 15.4 Å². The number of benzene rings is 1. The molecule has 110 valence electrons. The Kier molecular flexibility index (Phi) is 4.46. The maximum Gasteiger partial charge on any atom is 0.328 e. The number of halogens is 1. The molecule has 0 atom stereocenters. The third-order valence-electron chi connectivity index (χ3n) is 2.60. The Bertz CT molecular complexity index is 647. The Morgan fingerprint density at radius 2 is 1.86 bits per heavy atom. The lowest BCUT2D eigenvalue weighted by atomic mass is 10.1. The Balaban J connectivity index is 2.42. The summed E-state index contributed by atoms with van der Waals surface area (Å²) in [6.07, 6.45) is 1.32. The van der Waals surface area contributed by atoms with Gasteiger partial charge in [0.15, 0.2) is 11.5 Å². The van der Waals surface area contributed by atoms with Gasteiger partial charge in [0.2, 0.25) is 0 Å². The Labute approximate surface area is 133 Å². The van der Waals surface area contributed by atoms with E-state index in [1.807, 2.05) is 33.2 Å². The van der Waals surface area contributed by atoms with Crippen molar-refractivity contribution in [2.75, 3.05) is 6.61 Å². The van der Waals surface area contributed by atoms with Crippen LogP contribution in [0.5, 0.6) is 11.5 Å². The number of aromatic hydroxyl groups is 1. The van der Waals surface area contributed by atoms with E-state index in [4.69, 9.17) is 4.74 Å². The number of phenols is 1. The lowest BCUT2D eigenvalue weighted by Crippen LogP contribution is -2.51. The second-order valence-corrected chi connectivity index (χ2v) is 5.24. The third-order valence-corrected chi connectivity index (χ3v) is 3.43. The molecule has 0 radical (unpaired) electrons. The molecule has 3 N–H and O–H groups in total. The molecule has 1 saturated heterocycles. The zero-order valence-electron chi connectivity index (χ0n) is 10.9. The average Bonchev–Trinajstić information content (AvgIpc) is 2.39. The van der Waals surface area contributed by atoms with Gasteiger partial charge in [-0.2, -0.15) is 0 Å². The van der Waals surface area contributed by atoms with Crippen molar-refractivity contribution < 1.29 is 24.2 Å². The van der Waals surface area contributed by atoms with Crippen LogP contribution in [0.25, 0.3) is 6.08 Å². The van der Waals surface area contributed by atoms with Crippen molar-refractivity contribution in [2.45, 2.75) is 6.92 Å². The molecule has 0 saturated carbocycles. The van der Waals surface area contributed by atoms with E-state index in [1.54, 1.807) is 13.0 Å². The molecule has 1 aromatic rings. The molecule has 1 heterocycles. The van der Waals surface area contributed by atoms with Gasteiger partial charge in [-0.05, 0) is 53.3 Å². The Morgan fingerprint density at radius 1 is 1.24 bits per heavy atom. The number of urea groups is 1. The zero-order valence-corrected chi connectivity index (χ0v) is 13.1. The SMILES string of the molecule is CCOc1cc(C=C2C(=O)NC(=O)NC2=O)cc(I)c1O. The predicted octanol–water partition coefficient (Wildman–Crippen LogP) is 1.14. The first kappa shape index (κ1) is 15.3. The molecule has 2 rings (SSSR count). The number of ether oxygens (including phenoxy) is 1. The molecule has 0 unspecified atom stereocenters. The first-order valence-corrected chi connectivity index (χ1v) is 7.04. The highest BCUT2D eigenvalue weighted by Crippen LogP contribution is 2.33. The summed E-state index contributed by atoms with van der Waals surface area (Å²) in [4.78, 5) is 34.3. The minimum Gasteiger partial charge on any atom is -0.504 e. The van der Waals surface area contributed by atoms with Crippen molar-refractivity contribution in [1.29, 1.82) is 0 Å². The molecule has 0 spiro atoms. The first-order chi connectivity index (χ1) is 9.92. The van der Waals surface area contributed by atoms with Crippen LogP contribution in [0.4, 0.5) is 4.79 Å². The van der Waals surface area contributed by atoms with Gasteiger partial charge in [-0.1, -0.05) is 0 Å². The van der Waals surface area contributed by atoms with Crippen molar-refractivity contribution in [3.05, 3.63) is 26.8 Å². The van der Waals surface area contributed by atoms with Crippen LogP contribution in [0, 0.1) is 3.57 Å². The Morgan fingerprint density at radius 3 is 2.43 bits per heavy atom. The summed E-state index contributed by atoms with van der Waals surface area (Å²) in [5, 5.41) is 13.8. The first-order valence-electron chi connectivity index (χ1n) is 5.96.